The summed E-state index contributed by atoms with van der Waals surface area (Å²) in [4.78, 5) is 41.6. The Labute approximate surface area is 276 Å². The molecule has 3 heterocycles. The Morgan fingerprint density at radius 1 is 1.13 bits per heavy atom. The summed E-state index contributed by atoms with van der Waals surface area (Å²) in [6.45, 7) is 9.42. The highest BCUT2D eigenvalue weighted by atomic mass is 16.5. The fraction of sp³-hybridized carbons (Fsp3) is 0.371. The van der Waals surface area contributed by atoms with Crippen molar-refractivity contribution < 1.29 is 19.1 Å². The number of aromatic nitrogens is 3. The first-order chi connectivity index (χ1) is 22.5. The summed E-state index contributed by atoms with van der Waals surface area (Å²) in [7, 11) is 9.63. The molecule has 248 valence electrons. The van der Waals surface area contributed by atoms with Crippen molar-refractivity contribution in [2.24, 2.45) is 7.05 Å². The SMILES string of the molecule is C=CC(=O)Nc1cc(Nc2ncc(C(=O)OC(C)C)c(N3CCCc4c3c3ccccc3n4C)n2)c(OC)cc1N(C)CCN(C)C. The maximum atomic E-state index is 13.4. The lowest BCUT2D eigenvalue weighted by Crippen LogP contribution is -2.29. The van der Waals surface area contributed by atoms with Gasteiger partial charge in [0, 0.05) is 57.1 Å². The maximum absolute atomic E-state index is 13.4. The van der Waals surface area contributed by atoms with E-state index in [-0.39, 0.29) is 23.5 Å². The molecule has 12 nitrogen and oxygen atoms in total. The van der Waals surface area contributed by atoms with Gasteiger partial charge in [-0.25, -0.2) is 9.78 Å². The van der Waals surface area contributed by atoms with Gasteiger partial charge >= 0.3 is 5.97 Å². The van der Waals surface area contributed by atoms with Crippen LogP contribution in [-0.4, -0.2) is 85.3 Å². The monoisotopic (exact) mass is 640 g/mol. The summed E-state index contributed by atoms with van der Waals surface area (Å²) in [6.07, 6.45) is 4.21. The third-order valence-corrected chi connectivity index (χ3v) is 8.15. The molecule has 0 fully saturated rings. The van der Waals surface area contributed by atoms with Gasteiger partial charge in [-0.05, 0) is 59.0 Å². The van der Waals surface area contributed by atoms with Crippen LogP contribution >= 0.6 is 0 Å². The molecule has 47 heavy (non-hydrogen) atoms. The molecule has 0 radical (unpaired) electrons. The zero-order valence-corrected chi connectivity index (χ0v) is 28.3. The molecule has 1 aliphatic heterocycles. The highest BCUT2D eigenvalue weighted by molar-refractivity contribution is 6.03. The van der Waals surface area contributed by atoms with Gasteiger partial charge in [-0.3, -0.25) is 4.79 Å². The first-order valence-corrected chi connectivity index (χ1v) is 15.7. The molecule has 0 atom stereocenters. The Balaban J connectivity index is 1.61. The van der Waals surface area contributed by atoms with Gasteiger partial charge < -0.3 is 39.4 Å². The average molecular weight is 641 g/mol. The first-order valence-electron chi connectivity index (χ1n) is 15.7. The maximum Gasteiger partial charge on any atom is 0.343 e. The van der Waals surface area contributed by atoms with E-state index in [1.54, 1.807) is 13.2 Å². The minimum absolute atomic E-state index is 0.251. The van der Waals surface area contributed by atoms with Crippen LogP contribution in [0.15, 0.2) is 55.3 Å². The summed E-state index contributed by atoms with van der Waals surface area (Å²) in [5.41, 5.74) is 5.44. The Morgan fingerprint density at radius 3 is 2.60 bits per heavy atom. The Bertz CT molecular complexity index is 1800. The van der Waals surface area contributed by atoms with E-state index in [1.807, 2.05) is 58.1 Å². The number of fused-ring (bicyclic) bond motifs is 3. The number of carbonyl (C=O) groups is 2. The molecule has 2 aromatic carbocycles. The van der Waals surface area contributed by atoms with Crippen LogP contribution in [-0.2, 0) is 23.0 Å². The highest BCUT2D eigenvalue weighted by Crippen LogP contribution is 2.42. The van der Waals surface area contributed by atoms with Gasteiger partial charge in [0.25, 0.3) is 0 Å². The number of esters is 1. The van der Waals surface area contributed by atoms with Crippen LogP contribution in [0, 0.1) is 0 Å². The normalized spacial score (nSPS) is 12.7. The molecular formula is C35H44N8O4. The number of ether oxygens (including phenoxy) is 2. The third kappa shape index (κ3) is 7.02. The number of likely N-dealkylation sites (N-methyl/N-ethyl adjacent to an activating group) is 2. The number of rotatable bonds is 12. The predicted octanol–water partition coefficient (Wildman–Crippen LogP) is 5.49. The molecule has 2 N–H and O–H groups in total. The molecule has 0 aliphatic carbocycles. The summed E-state index contributed by atoms with van der Waals surface area (Å²) >= 11 is 0. The number of nitrogens with one attached hydrogen (secondary N) is 2. The molecule has 2 aromatic heterocycles. The van der Waals surface area contributed by atoms with Gasteiger partial charge in [0.15, 0.2) is 5.82 Å². The Morgan fingerprint density at radius 2 is 1.89 bits per heavy atom. The summed E-state index contributed by atoms with van der Waals surface area (Å²) in [5, 5.41) is 7.29. The van der Waals surface area contributed by atoms with Crippen molar-refractivity contribution >= 4 is 57.3 Å². The van der Waals surface area contributed by atoms with Crippen LogP contribution in [0.25, 0.3) is 10.9 Å². The molecule has 0 unspecified atom stereocenters. The summed E-state index contributed by atoms with van der Waals surface area (Å²) in [5.74, 6) is 0.388. The second-order valence-electron chi connectivity index (χ2n) is 12.1. The minimum atomic E-state index is -0.494. The van der Waals surface area contributed by atoms with E-state index in [9.17, 15) is 9.59 Å². The van der Waals surface area contributed by atoms with E-state index in [0.29, 0.717) is 36.0 Å². The smallest absolute Gasteiger partial charge is 0.343 e. The lowest BCUT2D eigenvalue weighted by atomic mass is 10.1. The van der Waals surface area contributed by atoms with Gasteiger partial charge in [-0.1, -0.05) is 24.8 Å². The number of nitrogens with zero attached hydrogens (tertiary/aromatic N) is 6. The van der Waals surface area contributed by atoms with Crippen molar-refractivity contribution in [2.45, 2.75) is 32.8 Å². The molecule has 0 saturated carbocycles. The molecule has 0 saturated heterocycles. The number of methoxy groups -OCH3 is 1. The molecule has 0 bridgehead atoms. The Hall–Kier alpha value is -5.10. The fourth-order valence-electron chi connectivity index (χ4n) is 5.83. The van der Waals surface area contributed by atoms with Crippen molar-refractivity contribution in [3.63, 3.8) is 0 Å². The molecule has 4 aromatic rings. The second kappa shape index (κ2) is 14.1. The second-order valence-corrected chi connectivity index (χ2v) is 12.1. The number of aryl methyl sites for hydroxylation is 1. The standard InChI is InChI=1S/C35H44N8O4/c1-9-31(44)37-25-19-26(30(46-8)20-29(25)41(6)18-17-40(4)5)38-35-36-21-24(34(45)47-22(2)3)33(39-35)43-16-12-15-28-32(43)23-13-10-11-14-27(23)42(28)7/h9-11,13-14,19-22H,1,12,15-18H2,2-8H3,(H,37,44)(H,36,38,39). The molecule has 5 rings (SSSR count). The van der Waals surface area contributed by atoms with Crippen LogP contribution in [0.3, 0.4) is 0 Å². The molecule has 0 spiro atoms. The van der Waals surface area contributed by atoms with Crippen LogP contribution in [0.1, 0.15) is 36.3 Å². The van der Waals surface area contributed by atoms with Gasteiger partial charge in [-0.2, -0.15) is 4.98 Å². The number of para-hydroxylation sites is 1. The van der Waals surface area contributed by atoms with Crippen LogP contribution in [0.5, 0.6) is 5.75 Å². The third-order valence-electron chi connectivity index (χ3n) is 8.15. The quantitative estimate of drug-likeness (QED) is 0.152. The molecular weight excluding hydrogens is 596 g/mol. The zero-order chi connectivity index (χ0) is 33.8. The van der Waals surface area contributed by atoms with Crippen LogP contribution in [0.2, 0.25) is 0 Å². The van der Waals surface area contributed by atoms with Crippen molar-refractivity contribution in [1.29, 1.82) is 0 Å². The molecule has 1 amide bonds. The van der Waals surface area contributed by atoms with E-state index in [1.165, 1.54) is 18.0 Å². The number of carbonyl (C=O) groups excluding carboxylic acids is 2. The summed E-state index contributed by atoms with van der Waals surface area (Å²) < 4.78 is 13.6. The number of hydrogen-bond acceptors (Lipinski definition) is 10. The predicted molar refractivity (Wildman–Crippen MR) is 188 cm³/mol. The van der Waals surface area contributed by atoms with E-state index < -0.39 is 5.97 Å². The molecule has 1 aliphatic rings. The minimum Gasteiger partial charge on any atom is -0.494 e. The largest absolute Gasteiger partial charge is 0.494 e. The lowest BCUT2D eigenvalue weighted by Gasteiger charge is -2.30. The van der Waals surface area contributed by atoms with E-state index in [2.05, 4.69) is 55.7 Å². The van der Waals surface area contributed by atoms with Crippen LogP contribution in [0.4, 0.5) is 34.5 Å². The first kappa shape index (κ1) is 33.3. The number of benzene rings is 2. The van der Waals surface area contributed by atoms with Crippen LogP contribution < -0.4 is 25.2 Å². The fourth-order valence-corrected chi connectivity index (χ4v) is 5.83. The zero-order valence-electron chi connectivity index (χ0n) is 28.3. The van der Waals surface area contributed by atoms with Crippen molar-refractivity contribution in [3.05, 3.63) is 66.5 Å². The van der Waals surface area contributed by atoms with Gasteiger partial charge in [0.2, 0.25) is 11.9 Å². The van der Waals surface area contributed by atoms with E-state index in [4.69, 9.17) is 14.5 Å². The number of amides is 1. The van der Waals surface area contributed by atoms with E-state index >= 15 is 0 Å². The topological polar surface area (TPSA) is 117 Å². The van der Waals surface area contributed by atoms with E-state index in [0.717, 1.165) is 41.7 Å². The summed E-state index contributed by atoms with van der Waals surface area (Å²) in [6, 6.07) is 11.9. The van der Waals surface area contributed by atoms with Gasteiger partial charge in [0.1, 0.15) is 11.3 Å². The lowest BCUT2D eigenvalue weighted by molar-refractivity contribution is -0.111. The molecule has 12 heteroatoms. The number of hydrogen-bond donors (Lipinski definition) is 2. The van der Waals surface area contributed by atoms with Crippen molar-refractivity contribution in [2.75, 3.05) is 68.3 Å². The van der Waals surface area contributed by atoms with Gasteiger partial charge in [0.05, 0.1) is 41.5 Å². The van der Waals surface area contributed by atoms with Gasteiger partial charge in [-0.15, -0.1) is 0 Å². The highest BCUT2D eigenvalue weighted by Gasteiger charge is 2.30. The van der Waals surface area contributed by atoms with Crippen molar-refractivity contribution in [1.82, 2.24) is 19.4 Å². The number of anilines is 6. The average Bonchev–Trinajstić information content (AvgIpc) is 3.35. The van der Waals surface area contributed by atoms with Crippen molar-refractivity contribution in [3.8, 4) is 5.75 Å². The Kier molecular flexibility index (Phi) is 10.00.